The van der Waals surface area contributed by atoms with Crippen molar-refractivity contribution in [2.75, 3.05) is 6.61 Å². The first kappa shape index (κ1) is 15.5. The van der Waals surface area contributed by atoms with Crippen LogP contribution in [0.2, 0.25) is 5.02 Å². The lowest BCUT2D eigenvalue weighted by Gasteiger charge is -2.29. The summed E-state index contributed by atoms with van der Waals surface area (Å²) in [6, 6.07) is 6.88. The van der Waals surface area contributed by atoms with E-state index in [4.69, 9.17) is 28.6 Å². The molecule has 2 rings (SSSR count). The van der Waals surface area contributed by atoms with Crippen LogP contribution in [0.4, 0.5) is 0 Å². The van der Waals surface area contributed by atoms with Crippen molar-refractivity contribution in [3.8, 4) is 0 Å². The van der Waals surface area contributed by atoms with Crippen molar-refractivity contribution in [1.29, 1.82) is 0 Å². The van der Waals surface area contributed by atoms with Crippen LogP contribution in [0, 0.1) is 0 Å². The average Bonchev–Trinajstić information content (AvgIpc) is 2.44. The fourth-order valence-electron chi connectivity index (χ4n) is 2.11. The summed E-state index contributed by atoms with van der Waals surface area (Å²) in [7, 11) is 0. The number of benzene rings is 1. The summed E-state index contributed by atoms with van der Waals surface area (Å²) in [5, 5.41) is 7.07. The van der Waals surface area contributed by atoms with Gasteiger partial charge in [-0.25, -0.2) is 4.79 Å². The van der Waals surface area contributed by atoms with Crippen LogP contribution in [0.1, 0.15) is 18.5 Å². The third kappa shape index (κ3) is 3.62. The molecule has 0 saturated heterocycles. The molecule has 1 unspecified atom stereocenters. The molecule has 0 aliphatic carbocycles. The van der Waals surface area contributed by atoms with Crippen molar-refractivity contribution in [3.63, 3.8) is 0 Å². The number of hydrogen-bond acceptors (Lipinski definition) is 3. The zero-order chi connectivity index (χ0) is 15.4. The Morgan fingerprint density at radius 3 is 3.00 bits per heavy atom. The summed E-state index contributed by atoms with van der Waals surface area (Å²) in [6.45, 7) is 5.48. The molecule has 0 spiro atoms. The highest BCUT2D eigenvalue weighted by molar-refractivity contribution is 7.80. The lowest BCUT2D eigenvalue weighted by molar-refractivity contribution is -0.138. The Morgan fingerprint density at radius 2 is 2.33 bits per heavy atom. The van der Waals surface area contributed by atoms with Crippen LogP contribution < -0.4 is 10.6 Å². The Labute approximate surface area is 133 Å². The summed E-state index contributed by atoms with van der Waals surface area (Å²) < 4.78 is 5.15. The largest absolute Gasteiger partial charge is 0.458 e. The SMILES string of the molecule is C=CCOC(=O)C1=C(C)NC(=S)NC1c1cccc(Cl)c1. The van der Waals surface area contributed by atoms with Gasteiger partial charge in [0.15, 0.2) is 5.11 Å². The Bertz CT molecular complexity index is 628. The smallest absolute Gasteiger partial charge is 0.338 e. The average molecular weight is 323 g/mol. The Kier molecular flexibility index (Phi) is 4.98. The summed E-state index contributed by atoms with van der Waals surface area (Å²) in [6.07, 6.45) is 1.52. The predicted molar refractivity (Wildman–Crippen MR) is 86.9 cm³/mol. The minimum Gasteiger partial charge on any atom is -0.458 e. The second-order valence-electron chi connectivity index (χ2n) is 4.51. The second-order valence-corrected chi connectivity index (χ2v) is 5.36. The van der Waals surface area contributed by atoms with Gasteiger partial charge in [-0.2, -0.15) is 0 Å². The topological polar surface area (TPSA) is 50.4 Å². The number of allylic oxidation sites excluding steroid dienone is 1. The van der Waals surface area contributed by atoms with Gasteiger partial charge in [0.25, 0.3) is 0 Å². The molecule has 0 fully saturated rings. The van der Waals surface area contributed by atoms with E-state index in [0.29, 0.717) is 21.4 Å². The monoisotopic (exact) mass is 322 g/mol. The van der Waals surface area contributed by atoms with Crippen LogP contribution in [-0.4, -0.2) is 17.7 Å². The van der Waals surface area contributed by atoms with Gasteiger partial charge in [-0.15, -0.1) is 0 Å². The number of carbonyl (C=O) groups excluding carboxylic acids is 1. The quantitative estimate of drug-likeness (QED) is 0.507. The van der Waals surface area contributed by atoms with Gasteiger partial charge >= 0.3 is 5.97 Å². The van der Waals surface area contributed by atoms with Gasteiger partial charge in [0.2, 0.25) is 0 Å². The predicted octanol–water partition coefficient (Wildman–Crippen LogP) is 2.86. The molecule has 0 saturated carbocycles. The molecule has 21 heavy (non-hydrogen) atoms. The number of rotatable bonds is 4. The zero-order valence-corrected chi connectivity index (χ0v) is 13.1. The molecular weight excluding hydrogens is 308 g/mol. The molecule has 0 radical (unpaired) electrons. The van der Waals surface area contributed by atoms with E-state index in [1.54, 1.807) is 19.1 Å². The summed E-state index contributed by atoms with van der Waals surface area (Å²) in [4.78, 5) is 12.3. The number of thiocarbonyl (C=S) groups is 1. The number of nitrogens with one attached hydrogen (secondary N) is 2. The molecule has 6 heteroatoms. The third-order valence-electron chi connectivity index (χ3n) is 3.00. The van der Waals surface area contributed by atoms with Crippen molar-refractivity contribution < 1.29 is 9.53 Å². The summed E-state index contributed by atoms with van der Waals surface area (Å²) in [5.74, 6) is -0.417. The highest BCUT2D eigenvalue weighted by Crippen LogP contribution is 2.29. The van der Waals surface area contributed by atoms with Gasteiger partial charge in [0, 0.05) is 10.7 Å². The van der Waals surface area contributed by atoms with Crippen molar-refractivity contribution >= 4 is 34.9 Å². The molecule has 2 N–H and O–H groups in total. The Morgan fingerprint density at radius 1 is 1.57 bits per heavy atom. The Balaban J connectivity index is 2.40. The van der Waals surface area contributed by atoms with E-state index in [9.17, 15) is 4.79 Å². The van der Waals surface area contributed by atoms with Crippen LogP contribution in [0.5, 0.6) is 0 Å². The van der Waals surface area contributed by atoms with Crippen molar-refractivity contribution in [2.45, 2.75) is 13.0 Å². The second kappa shape index (κ2) is 6.74. The molecular formula is C15H15ClN2O2S. The lowest BCUT2D eigenvalue weighted by Crippen LogP contribution is -2.45. The maximum atomic E-state index is 12.3. The van der Waals surface area contributed by atoms with Crippen LogP contribution in [0.3, 0.4) is 0 Å². The molecule has 1 heterocycles. The number of halogens is 1. The minimum atomic E-state index is -0.417. The van der Waals surface area contributed by atoms with E-state index in [0.717, 1.165) is 5.56 Å². The molecule has 0 bridgehead atoms. The third-order valence-corrected chi connectivity index (χ3v) is 3.46. The lowest BCUT2D eigenvalue weighted by atomic mass is 9.96. The molecule has 0 amide bonds. The number of esters is 1. The van der Waals surface area contributed by atoms with E-state index in [1.165, 1.54) is 6.08 Å². The van der Waals surface area contributed by atoms with Crippen LogP contribution in [0.15, 0.2) is 48.2 Å². The first-order valence-corrected chi connectivity index (χ1v) is 7.13. The molecule has 1 atom stereocenters. The van der Waals surface area contributed by atoms with Crippen molar-refractivity contribution in [3.05, 3.63) is 58.8 Å². The first-order valence-electron chi connectivity index (χ1n) is 6.34. The fourth-order valence-corrected chi connectivity index (χ4v) is 2.58. The normalized spacial score (nSPS) is 17.8. The van der Waals surface area contributed by atoms with Crippen LogP contribution >= 0.6 is 23.8 Å². The molecule has 1 aliphatic rings. The summed E-state index contributed by atoms with van der Waals surface area (Å²) >= 11 is 11.2. The molecule has 4 nitrogen and oxygen atoms in total. The zero-order valence-electron chi connectivity index (χ0n) is 11.5. The highest BCUT2D eigenvalue weighted by Gasteiger charge is 2.30. The molecule has 1 aromatic carbocycles. The number of carbonyl (C=O) groups is 1. The van der Waals surface area contributed by atoms with Gasteiger partial charge in [-0.05, 0) is 36.8 Å². The maximum absolute atomic E-state index is 12.3. The Hall–Kier alpha value is -1.85. The van der Waals surface area contributed by atoms with Crippen LogP contribution in [-0.2, 0) is 9.53 Å². The van der Waals surface area contributed by atoms with Crippen molar-refractivity contribution in [1.82, 2.24) is 10.6 Å². The number of hydrogen-bond donors (Lipinski definition) is 2. The van der Waals surface area contributed by atoms with E-state index < -0.39 is 12.0 Å². The fraction of sp³-hybridized carbons (Fsp3) is 0.200. The van der Waals surface area contributed by atoms with E-state index in [-0.39, 0.29) is 6.61 Å². The highest BCUT2D eigenvalue weighted by atomic mass is 35.5. The first-order chi connectivity index (χ1) is 10.0. The standard InChI is InChI=1S/C15H15ClN2O2S/c1-3-7-20-14(19)12-9(2)17-15(21)18-13(12)10-5-4-6-11(16)8-10/h3-6,8,13H,1,7H2,2H3,(H2,17,18,21). The van der Waals surface area contributed by atoms with Gasteiger partial charge in [-0.3, -0.25) is 0 Å². The number of ether oxygens (including phenoxy) is 1. The minimum absolute atomic E-state index is 0.155. The van der Waals surface area contributed by atoms with E-state index >= 15 is 0 Å². The molecule has 0 aromatic heterocycles. The maximum Gasteiger partial charge on any atom is 0.338 e. The summed E-state index contributed by atoms with van der Waals surface area (Å²) in [5.41, 5.74) is 1.99. The van der Waals surface area contributed by atoms with E-state index in [1.807, 2.05) is 12.1 Å². The van der Waals surface area contributed by atoms with E-state index in [2.05, 4.69) is 17.2 Å². The van der Waals surface area contributed by atoms with Gasteiger partial charge in [-0.1, -0.05) is 36.4 Å². The van der Waals surface area contributed by atoms with Crippen molar-refractivity contribution in [2.24, 2.45) is 0 Å². The molecule has 1 aromatic rings. The van der Waals surface area contributed by atoms with Crippen LogP contribution in [0.25, 0.3) is 0 Å². The van der Waals surface area contributed by atoms with Gasteiger partial charge in [0.1, 0.15) is 6.61 Å². The van der Waals surface area contributed by atoms with Gasteiger partial charge < -0.3 is 15.4 Å². The molecule has 110 valence electrons. The molecule has 1 aliphatic heterocycles. The van der Waals surface area contributed by atoms with Gasteiger partial charge in [0.05, 0.1) is 11.6 Å².